The number of nitrogens with one attached hydrogen (secondary N) is 2. The predicted molar refractivity (Wildman–Crippen MR) is 105 cm³/mol. The van der Waals surface area contributed by atoms with Gasteiger partial charge in [0.15, 0.2) is 6.61 Å². The second-order valence-corrected chi connectivity index (χ2v) is 6.93. The summed E-state index contributed by atoms with van der Waals surface area (Å²) < 4.78 is 5.74. The second-order valence-electron chi connectivity index (χ2n) is 5.50. The quantitative estimate of drug-likeness (QED) is 0.618. The van der Waals surface area contributed by atoms with Gasteiger partial charge in [0.05, 0.1) is 5.02 Å². The van der Waals surface area contributed by atoms with E-state index in [1.807, 2.05) is 30.3 Å². The number of halogens is 1. The highest BCUT2D eigenvalue weighted by Crippen LogP contribution is 2.34. The molecule has 3 rings (SSSR count). The van der Waals surface area contributed by atoms with E-state index in [0.29, 0.717) is 15.6 Å². The summed E-state index contributed by atoms with van der Waals surface area (Å²) in [5.74, 6) is -1.65. The third kappa shape index (κ3) is 4.84. The van der Waals surface area contributed by atoms with Gasteiger partial charge in [-0.25, -0.2) is 0 Å². The first-order valence-electron chi connectivity index (χ1n) is 8.00. The molecule has 0 aliphatic heterocycles. The van der Waals surface area contributed by atoms with Gasteiger partial charge < -0.3 is 15.4 Å². The molecule has 1 heterocycles. The lowest BCUT2D eigenvalue weighted by molar-refractivity contribution is -0.146. The molecule has 2 amide bonds. The summed E-state index contributed by atoms with van der Waals surface area (Å²) in [6, 6.07) is 16.2. The van der Waals surface area contributed by atoms with Crippen LogP contribution in [0.3, 0.4) is 0 Å². The molecule has 3 aromatic rings. The summed E-state index contributed by atoms with van der Waals surface area (Å²) >= 11 is 7.47. The molecular formula is C19H15ClN2O4S. The van der Waals surface area contributed by atoms with E-state index in [2.05, 4.69) is 10.6 Å². The molecule has 1 aromatic heterocycles. The van der Waals surface area contributed by atoms with Gasteiger partial charge in [-0.15, -0.1) is 11.3 Å². The second kappa shape index (κ2) is 8.66. The lowest BCUT2D eigenvalue weighted by Crippen LogP contribution is -2.32. The van der Waals surface area contributed by atoms with Gasteiger partial charge in [-0.3, -0.25) is 14.4 Å². The number of amides is 2. The van der Waals surface area contributed by atoms with Gasteiger partial charge in [0.1, 0.15) is 11.4 Å². The molecular weight excluding hydrogens is 388 g/mol. The number of rotatable bonds is 6. The van der Waals surface area contributed by atoms with Crippen molar-refractivity contribution in [3.63, 3.8) is 0 Å². The molecule has 27 heavy (non-hydrogen) atoms. The maximum Gasteiger partial charge on any atom is 0.325 e. The third-order valence-electron chi connectivity index (χ3n) is 3.56. The molecule has 0 unspecified atom stereocenters. The van der Waals surface area contributed by atoms with Crippen molar-refractivity contribution in [2.45, 2.75) is 0 Å². The largest absolute Gasteiger partial charge is 0.454 e. The molecule has 0 atom stereocenters. The standard InChI is InChI=1S/C19H15ClN2O4S/c20-17-13-8-4-5-9-14(13)27-18(17)19(25)21-10-16(24)26-11-15(23)22-12-6-2-1-3-7-12/h1-9H,10-11H2,(H,21,25)(H,22,23). The van der Waals surface area contributed by atoms with E-state index in [1.54, 1.807) is 24.3 Å². The van der Waals surface area contributed by atoms with E-state index in [-0.39, 0.29) is 6.54 Å². The number of carbonyl (C=O) groups is 3. The van der Waals surface area contributed by atoms with E-state index in [0.717, 1.165) is 10.1 Å². The van der Waals surface area contributed by atoms with Gasteiger partial charge >= 0.3 is 5.97 Å². The number of benzene rings is 2. The molecule has 2 N–H and O–H groups in total. The van der Waals surface area contributed by atoms with Crippen molar-refractivity contribution in [1.82, 2.24) is 5.32 Å². The van der Waals surface area contributed by atoms with E-state index < -0.39 is 24.4 Å². The minimum atomic E-state index is -0.719. The van der Waals surface area contributed by atoms with E-state index in [9.17, 15) is 14.4 Å². The van der Waals surface area contributed by atoms with E-state index >= 15 is 0 Å². The minimum Gasteiger partial charge on any atom is -0.454 e. The van der Waals surface area contributed by atoms with Crippen molar-refractivity contribution >= 4 is 56.5 Å². The molecule has 0 spiro atoms. The van der Waals surface area contributed by atoms with Crippen molar-refractivity contribution in [2.24, 2.45) is 0 Å². The number of thiophene rings is 1. The summed E-state index contributed by atoms with van der Waals surface area (Å²) in [6.45, 7) is -0.796. The SMILES string of the molecule is O=C(COC(=O)CNC(=O)c1sc2ccccc2c1Cl)Nc1ccccc1. The van der Waals surface area contributed by atoms with Gasteiger partial charge in [0.2, 0.25) is 0 Å². The molecule has 0 aliphatic rings. The van der Waals surface area contributed by atoms with E-state index in [1.165, 1.54) is 11.3 Å². The maximum atomic E-state index is 12.2. The van der Waals surface area contributed by atoms with Crippen LogP contribution in [-0.4, -0.2) is 30.9 Å². The van der Waals surface area contributed by atoms with Crippen molar-refractivity contribution in [1.29, 1.82) is 0 Å². The van der Waals surface area contributed by atoms with Gasteiger partial charge in [-0.05, 0) is 18.2 Å². The van der Waals surface area contributed by atoms with Crippen LogP contribution >= 0.6 is 22.9 Å². The summed E-state index contributed by atoms with van der Waals surface area (Å²) in [5.41, 5.74) is 0.603. The molecule has 0 radical (unpaired) electrons. The Balaban J connectivity index is 1.47. The Morgan fingerprint density at radius 1 is 1.00 bits per heavy atom. The zero-order valence-corrected chi connectivity index (χ0v) is 15.6. The zero-order valence-electron chi connectivity index (χ0n) is 14.0. The van der Waals surface area contributed by atoms with E-state index in [4.69, 9.17) is 16.3 Å². The van der Waals surface area contributed by atoms with Crippen LogP contribution in [0.15, 0.2) is 54.6 Å². The number of anilines is 1. The minimum absolute atomic E-state index is 0.326. The van der Waals surface area contributed by atoms with Crippen LogP contribution < -0.4 is 10.6 Å². The molecule has 2 aromatic carbocycles. The fraction of sp³-hybridized carbons (Fsp3) is 0.105. The van der Waals surface area contributed by atoms with Crippen molar-refractivity contribution in [2.75, 3.05) is 18.5 Å². The predicted octanol–water partition coefficient (Wildman–Crippen LogP) is 3.47. The lowest BCUT2D eigenvalue weighted by atomic mass is 10.2. The van der Waals surface area contributed by atoms with Crippen molar-refractivity contribution < 1.29 is 19.1 Å². The Morgan fingerprint density at radius 3 is 2.44 bits per heavy atom. The first kappa shape index (κ1) is 18.9. The van der Waals surface area contributed by atoms with Gasteiger partial charge in [0, 0.05) is 15.8 Å². The number of para-hydroxylation sites is 1. The molecule has 0 saturated heterocycles. The first-order valence-corrected chi connectivity index (χ1v) is 9.20. The average Bonchev–Trinajstić information content (AvgIpc) is 3.02. The number of carbonyl (C=O) groups excluding carboxylic acids is 3. The van der Waals surface area contributed by atoms with Crippen LogP contribution in [-0.2, 0) is 14.3 Å². The summed E-state index contributed by atoms with van der Waals surface area (Å²) in [6.07, 6.45) is 0. The van der Waals surface area contributed by atoms with Gasteiger partial charge in [0.25, 0.3) is 11.8 Å². The van der Waals surface area contributed by atoms with Crippen molar-refractivity contribution in [3.8, 4) is 0 Å². The Kier molecular flexibility index (Phi) is 6.05. The third-order valence-corrected chi connectivity index (χ3v) is 5.23. The molecule has 0 aliphatic carbocycles. The van der Waals surface area contributed by atoms with Crippen molar-refractivity contribution in [3.05, 3.63) is 64.5 Å². The molecule has 8 heteroatoms. The molecule has 6 nitrogen and oxygen atoms in total. The Bertz CT molecular complexity index is 988. The fourth-order valence-electron chi connectivity index (χ4n) is 2.31. The summed E-state index contributed by atoms with van der Waals surface area (Å²) in [5, 5.41) is 6.18. The normalized spacial score (nSPS) is 10.4. The highest BCUT2D eigenvalue weighted by atomic mass is 35.5. The molecule has 0 bridgehead atoms. The monoisotopic (exact) mass is 402 g/mol. The van der Waals surface area contributed by atoms with Crippen LogP contribution in [0, 0.1) is 0 Å². The Hall–Kier alpha value is -2.90. The molecule has 0 fully saturated rings. The van der Waals surface area contributed by atoms with Crippen LogP contribution in [0.2, 0.25) is 5.02 Å². The summed E-state index contributed by atoms with van der Waals surface area (Å²) in [7, 11) is 0. The number of fused-ring (bicyclic) bond motifs is 1. The number of ether oxygens (including phenoxy) is 1. The van der Waals surface area contributed by atoms with Crippen LogP contribution in [0.1, 0.15) is 9.67 Å². The molecule has 138 valence electrons. The highest BCUT2D eigenvalue weighted by molar-refractivity contribution is 7.21. The summed E-state index contributed by atoms with van der Waals surface area (Å²) in [4.78, 5) is 36.0. The molecule has 0 saturated carbocycles. The lowest BCUT2D eigenvalue weighted by Gasteiger charge is -2.07. The van der Waals surface area contributed by atoms with Gasteiger partial charge in [-0.1, -0.05) is 48.0 Å². The number of esters is 1. The topological polar surface area (TPSA) is 84.5 Å². The van der Waals surface area contributed by atoms with Crippen LogP contribution in [0.25, 0.3) is 10.1 Å². The fourth-order valence-corrected chi connectivity index (χ4v) is 3.74. The number of hydrogen-bond donors (Lipinski definition) is 2. The average molecular weight is 403 g/mol. The van der Waals surface area contributed by atoms with Crippen LogP contribution in [0.4, 0.5) is 5.69 Å². The zero-order chi connectivity index (χ0) is 19.2. The Labute approximate surface area is 164 Å². The number of hydrogen-bond acceptors (Lipinski definition) is 5. The highest BCUT2D eigenvalue weighted by Gasteiger charge is 2.18. The first-order chi connectivity index (χ1) is 13.0. The van der Waals surface area contributed by atoms with Gasteiger partial charge in [-0.2, -0.15) is 0 Å². The Morgan fingerprint density at radius 2 is 1.70 bits per heavy atom. The van der Waals surface area contributed by atoms with Crippen LogP contribution in [0.5, 0.6) is 0 Å². The maximum absolute atomic E-state index is 12.2. The smallest absolute Gasteiger partial charge is 0.325 e.